The van der Waals surface area contributed by atoms with Crippen LogP contribution in [0.4, 0.5) is 0 Å². The van der Waals surface area contributed by atoms with Gasteiger partial charge in [0.2, 0.25) is 0 Å². The SMILES string of the molecule is O=[P+]([O-])[O-].[Al].[Ca+2]. The standard InChI is InChI=1S/Al.Ca.HO3P/c;;1-4(2)3/h;;(H,1,2,3)/q;+2;/p-1. The van der Waals surface area contributed by atoms with Gasteiger partial charge in [-0.05, 0) is 0 Å². The van der Waals surface area contributed by atoms with Crippen LogP contribution in [0, 0.1) is 0 Å². The fourth-order valence-corrected chi connectivity index (χ4v) is 0. The summed E-state index contributed by atoms with van der Waals surface area (Å²) in [5.41, 5.74) is 0. The Labute approximate surface area is 76.8 Å². The summed E-state index contributed by atoms with van der Waals surface area (Å²) in [6, 6.07) is 0. The van der Waals surface area contributed by atoms with E-state index in [0.717, 1.165) is 0 Å². The van der Waals surface area contributed by atoms with Crippen molar-refractivity contribution in [3.63, 3.8) is 0 Å². The van der Waals surface area contributed by atoms with E-state index in [1.54, 1.807) is 0 Å². The molecule has 0 aliphatic heterocycles. The molecular weight excluding hydrogens is 146 g/mol. The number of rotatable bonds is 0. The quantitative estimate of drug-likeness (QED) is 0.283. The summed E-state index contributed by atoms with van der Waals surface area (Å²) >= 11 is 0. The van der Waals surface area contributed by atoms with Crippen LogP contribution in [0.25, 0.3) is 0 Å². The van der Waals surface area contributed by atoms with Gasteiger partial charge >= 0.3 is 37.7 Å². The van der Waals surface area contributed by atoms with E-state index in [4.69, 9.17) is 14.4 Å². The maximum absolute atomic E-state index is 8.48. The van der Waals surface area contributed by atoms with Gasteiger partial charge in [0.15, 0.2) is 0 Å². The Morgan fingerprint density at radius 3 is 1.33 bits per heavy atom. The van der Waals surface area contributed by atoms with Crippen LogP contribution in [0.1, 0.15) is 0 Å². The predicted molar refractivity (Wildman–Crippen MR) is 19.1 cm³/mol. The molecule has 3 nitrogen and oxygen atoms in total. The maximum Gasteiger partial charge on any atom is 2.00 e. The molecule has 0 unspecified atom stereocenters. The van der Waals surface area contributed by atoms with Crippen molar-refractivity contribution in [1.29, 1.82) is 0 Å². The molecule has 0 N–H and O–H groups in total. The van der Waals surface area contributed by atoms with Crippen LogP contribution in [0.15, 0.2) is 0 Å². The van der Waals surface area contributed by atoms with Crippen molar-refractivity contribution in [2.45, 2.75) is 0 Å². The third-order valence-corrected chi connectivity index (χ3v) is 0. The zero-order valence-corrected chi connectivity index (χ0v) is 7.21. The Hall–Kier alpha value is 1.81. The van der Waals surface area contributed by atoms with Gasteiger partial charge in [-0.25, -0.2) is 0 Å². The van der Waals surface area contributed by atoms with Crippen molar-refractivity contribution < 1.29 is 14.4 Å². The second-order valence-electron chi connectivity index (χ2n) is 0.224. The Morgan fingerprint density at radius 1 is 1.33 bits per heavy atom. The van der Waals surface area contributed by atoms with E-state index in [1.165, 1.54) is 0 Å². The van der Waals surface area contributed by atoms with Crippen molar-refractivity contribution in [1.82, 2.24) is 0 Å². The third kappa shape index (κ3) is 41.0. The molecule has 0 rings (SSSR count). The molecule has 0 bridgehead atoms. The van der Waals surface area contributed by atoms with Crippen LogP contribution < -0.4 is 9.79 Å². The molecule has 6 heteroatoms. The molecule has 0 aromatic carbocycles. The van der Waals surface area contributed by atoms with E-state index in [2.05, 4.69) is 0 Å². The van der Waals surface area contributed by atoms with Crippen LogP contribution in [0.3, 0.4) is 0 Å². The molecule has 0 aromatic rings. The zero-order valence-electron chi connectivity index (χ0n) is 2.96. The summed E-state index contributed by atoms with van der Waals surface area (Å²) in [5.74, 6) is 0. The summed E-state index contributed by atoms with van der Waals surface area (Å²) < 4.78 is 8.48. The third-order valence-electron chi connectivity index (χ3n) is 0. The van der Waals surface area contributed by atoms with Crippen molar-refractivity contribution in [2.75, 3.05) is 0 Å². The minimum Gasteiger partial charge on any atom is -0.598 e. The molecule has 6 heavy (non-hydrogen) atoms. The van der Waals surface area contributed by atoms with Crippen LogP contribution >= 0.6 is 8.25 Å². The van der Waals surface area contributed by atoms with Crippen molar-refractivity contribution in [3.05, 3.63) is 0 Å². The molecule has 0 aliphatic rings. The first kappa shape index (κ1) is 15.7. The van der Waals surface area contributed by atoms with E-state index >= 15 is 0 Å². The largest absolute Gasteiger partial charge is 2.00 e. The molecule has 0 heterocycles. The zero-order chi connectivity index (χ0) is 3.58. The van der Waals surface area contributed by atoms with E-state index in [9.17, 15) is 0 Å². The molecule has 0 aromatic heterocycles. The van der Waals surface area contributed by atoms with E-state index in [1.807, 2.05) is 0 Å². The van der Waals surface area contributed by atoms with Crippen molar-refractivity contribution >= 4 is 63.4 Å². The number of hydrogen-bond acceptors (Lipinski definition) is 3. The second-order valence-corrected chi connectivity index (χ2v) is 0.671. The number of hydrogen-bond donors (Lipinski definition) is 0. The van der Waals surface area contributed by atoms with Gasteiger partial charge in [-0.2, -0.15) is 0 Å². The Kier molecular flexibility index (Phi) is 25.9. The van der Waals surface area contributed by atoms with Crippen LogP contribution in [-0.2, 0) is 4.57 Å². The smallest absolute Gasteiger partial charge is 0.598 e. The average molecular weight is 146 g/mol. The van der Waals surface area contributed by atoms with Gasteiger partial charge in [0, 0.05) is 17.4 Å². The van der Waals surface area contributed by atoms with Crippen molar-refractivity contribution in [3.8, 4) is 0 Å². The predicted octanol–water partition coefficient (Wildman–Crippen LogP) is -2.40. The van der Waals surface area contributed by atoms with Gasteiger partial charge in [0.1, 0.15) is 0 Å². The van der Waals surface area contributed by atoms with Gasteiger partial charge in [0.25, 0.3) is 8.25 Å². The van der Waals surface area contributed by atoms with Crippen LogP contribution in [-0.4, -0.2) is 55.1 Å². The summed E-state index contributed by atoms with van der Waals surface area (Å²) in [6.07, 6.45) is 0. The van der Waals surface area contributed by atoms with Gasteiger partial charge in [-0.3, -0.25) is 0 Å². The van der Waals surface area contributed by atoms with Gasteiger partial charge in [0.05, 0.1) is 0 Å². The first-order chi connectivity index (χ1) is 1.73. The maximum atomic E-state index is 8.48. The van der Waals surface area contributed by atoms with Gasteiger partial charge < -0.3 is 9.79 Å². The van der Waals surface area contributed by atoms with E-state index in [0.29, 0.717) is 0 Å². The Morgan fingerprint density at radius 2 is 1.33 bits per heavy atom. The molecule has 0 spiro atoms. The normalized spacial score (nSPS) is 4.33. The minimum atomic E-state index is -3.37. The molecule has 0 amide bonds. The Bertz CT molecular complexity index is 33.8. The summed E-state index contributed by atoms with van der Waals surface area (Å²) in [6.45, 7) is 0. The molecule has 27 valence electrons. The van der Waals surface area contributed by atoms with E-state index < -0.39 is 8.25 Å². The fraction of sp³-hybridized carbons (Fsp3) is 0. The molecule has 0 fully saturated rings. The van der Waals surface area contributed by atoms with Gasteiger partial charge in [-0.15, -0.1) is 0 Å². The second kappa shape index (κ2) is 9.94. The monoisotopic (exact) mass is 146 g/mol. The molecule has 3 radical (unpaired) electrons. The van der Waals surface area contributed by atoms with Gasteiger partial charge in [-0.1, -0.05) is 4.57 Å². The van der Waals surface area contributed by atoms with Crippen LogP contribution in [0.2, 0.25) is 0 Å². The van der Waals surface area contributed by atoms with Crippen molar-refractivity contribution in [2.24, 2.45) is 0 Å². The molecule has 0 saturated heterocycles. The topological polar surface area (TPSA) is 63.2 Å². The summed E-state index contributed by atoms with van der Waals surface area (Å²) in [4.78, 5) is 17.0. The molecule has 0 aliphatic carbocycles. The van der Waals surface area contributed by atoms with Crippen LogP contribution in [0.5, 0.6) is 0 Å². The summed E-state index contributed by atoms with van der Waals surface area (Å²) in [7, 11) is -3.37. The first-order valence-electron chi connectivity index (χ1n) is 0.548. The Balaban J connectivity index is -0.0000000450. The molecule has 0 saturated carbocycles. The minimum absolute atomic E-state index is 0. The molecule has 0 atom stereocenters. The molecular formula is AlCaO3P+. The summed E-state index contributed by atoms with van der Waals surface area (Å²) in [5, 5.41) is 0. The average Bonchev–Trinajstić information content (AvgIpc) is 0.811. The first-order valence-corrected chi connectivity index (χ1v) is 1.64. The fourth-order valence-electron chi connectivity index (χ4n) is 0. The van der Waals surface area contributed by atoms with E-state index in [-0.39, 0.29) is 55.1 Å².